The fourth-order valence-corrected chi connectivity index (χ4v) is 1.70. The molecule has 18 heavy (non-hydrogen) atoms. The van der Waals surface area contributed by atoms with Gasteiger partial charge in [-0.1, -0.05) is 35.5 Å². The number of hydrogen-bond acceptors (Lipinski definition) is 3. The van der Waals surface area contributed by atoms with E-state index in [1.54, 1.807) is 13.8 Å². The van der Waals surface area contributed by atoms with Gasteiger partial charge in [0.25, 0.3) is 0 Å². The van der Waals surface area contributed by atoms with Crippen LogP contribution in [0.1, 0.15) is 13.8 Å². The van der Waals surface area contributed by atoms with Crippen molar-refractivity contribution in [2.24, 2.45) is 10.9 Å². The van der Waals surface area contributed by atoms with Crippen LogP contribution in [0.5, 0.6) is 5.75 Å². The molecular formula is C14H16N2O2. The zero-order chi connectivity index (χ0) is 13.2. The summed E-state index contributed by atoms with van der Waals surface area (Å²) in [4.78, 5) is 0. The van der Waals surface area contributed by atoms with Crippen LogP contribution in [-0.4, -0.2) is 16.6 Å². The first-order valence-corrected chi connectivity index (χ1v) is 5.69. The van der Waals surface area contributed by atoms with Crippen molar-refractivity contribution >= 4 is 16.6 Å². The Morgan fingerprint density at radius 2 is 1.83 bits per heavy atom. The van der Waals surface area contributed by atoms with Crippen LogP contribution in [0.15, 0.2) is 47.6 Å². The van der Waals surface area contributed by atoms with E-state index < -0.39 is 5.60 Å². The number of fused-ring (bicyclic) bond motifs is 1. The van der Waals surface area contributed by atoms with E-state index in [0.717, 1.165) is 10.8 Å². The van der Waals surface area contributed by atoms with Crippen LogP contribution < -0.4 is 10.5 Å². The van der Waals surface area contributed by atoms with Gasteiger partial charge < -0.3 is 15.7 Å². The van der Waals surface area contributed by atoms with E-state index in [4.69, 9.17) is 15.7 Å². The van der Waals surface area contributed by atoms with Gasteiger partial charge in [-0.15, -0.1) is 0 Å². The molecule has 2 rings (SSSR count). The van der Waals surface area contributed by atoms with Crippen molar-refractivity contribution in [3.8, 4) is 5.75 Å². The Kier molecular flexibility index (Phi) is 3.10. The quantitative estimate of drug-likeness (QED) is 0.377. The molecule has 0 saturated carbocycles. The summed E-state index contributed by atoms with van der Waals surface area (Å²) in [5.74, 6) is 0.723. The second kappa shape index (κ2) is 4.56. The summed E-state index contributed by atoms with van der Waals surface area (Å²) in [5, 5.41) is 13.9. The summed E-state index contributed by atoms with van der Waals surface area (Å²) in [6, 6.07) is 13.8. The standard InChI is InChI=1S/C14H16N2O2/c1-14(2,13(15)16-17)18-12-8-7-10-5-3-4-6-11(10)9-12/h3-9,17H,1-2H3,(H2,15,16). The van der Waals surface area contributed by atoms with Crippen LogP contribution in [0.2, 0.25) is 0 Å². The monoisotopic (exact) mass is 244 g/mol. The number of nitrogens with two attached hydrogens (primary N) is 1. The maximum absolute atomic E-state index is 8.70. The minimum absolute atomic E-state index is 0.0376. The van der Waals surface area contributed by atoms with E-state index in [0.29, 0.717) is 5.75 Å². The zero-order valence-electron chi connectivity index (χ0n) is 10.4. The second-order valence-electron chi connectivity index (χ2n) is 4.61. The molecule has 0 atom stereocenters. The van der Waals surface area contributed by atoms with Gasteiger partial charge >= 0.3 is 0 Å². The summed E-state index contributed by atoms with van der Waals surface area (Å²) in [6.07, 6.45) is 0. The number of nitrogens with zero attached hydrogens (tertiary/aromatic N) is 1. The Morgan fingerprint density at radius 1 is 1.17 bits per heavy atom. The Balaban J connectivity index is 2.32. The predicted octanol–water partition coefficient (Wildman–Crippen LogP) is 2.74. The normalized spacial score (nSPS) is 12.7. The van der Waals surface area contributed by atoms with Crippen LogP contribution in [0.4, 0.5) is 0 Å². The molecule has 0 saturated heterocycles. The van der Waals surface area contributed by atoms with Crippen molar-refractivity contribution < 1.29 is 9.94 Å². The van der Waals surface area contributed by atoms with Gasteiger partial charge in [0.2, 0.25) is 0 Å². The molecule has 0 fully saturated rings. The Hall–Kier alpha value is -2.23. The lowest BCUT2D eigenvalue weighted by Gasteiger charge is -2.24. The molecule has 0 aliphatic carbocycles. The van der Waals surface area contributed by atoms with Gasteiger partial charge in [-0.2, -0.15) is 0 Å². The zero-order valence-corrected chi connectivity index (χ0v) is 10.4. The number of oxime groups is 1. The van der Waals surface area contributed by atoms with Gasteiger partial charge in [0.1, 0.15) is 5.75 Å². The molecule has 0 aromatic heterocycles. The average molecular weight is 244 g/mol. The molecule has 0 amide bonds. The van der Waals surface area contributed by atoms with E-state index >= 15 is 0 Å². The molecule has 0 unspecified atom stereocenters. The molecule has 4 nitrogen and oxygen atoms in total. The first-order valence-electron chi connectivity index (χ1n) is 5.69. The fraction of sp³-hybridized carbons (Fsp3) is 0.214. The molecule has 0 radical (unpaired) electrons. The molecule has 2 aromatic rings. The van der Waals surface area contributed by atoms with Crippen LogP contribution in [0.25, 0.3) is 10.8 Å². The number of hydrogen-bond donors (Lipinski definition) is 2. The average Bonchev–Trinajstić information content (AvgIpc) is 2.37. The summed E-state index contributed by atoms with van der Waals surface area (Å²) in [5.41, 5.74) is 4.74. The summed E-state index contributed by atoms with van der Waals surface area (Å²) < 4.78 is 5.75. The highest BCUT2D eigenvalue weighted by atomic mass is 16.5. The smallest absolute Gasteiger partial charge is 0.182 e. The lowest BCUT2D eigenvalue weighted by molar-refractivity contribution is 0.173. The van der Waals surface area contributed by atoms with E-state index in [1.165, 1.54) is 0 Å². The van der Waals surface area contributed by atoms with E-state index in [9.17, 15) is 0 Å². The molecule has 94 valence electrons. The van der Waals surface area contributed by atoms with Gasteiger partial charge in [-0.3, -0.25) is 0 Å². The molecule has 0 aliphatic rings. The molecule has 3 N–H and O–H groups in total. The van der Waals surface area contributed by atoms with E-state index in [-0.39, 0.29) is 5.84 Å². The van der Waals surface area contributed by atoms with Gasteiger partial charge in [0, 0.05) is 0 Å². The van der Waals surface area contributed by atoms with Crippen LogP contribution >= 0.6 is 0 Å². The first kappa shape index (κ1) is 12.2. The lowest BCUT2D eigenvalue weighted by Crippen LogP contribution is -2.43. The Labute approximate surface area is 106 Å². The third-order valence-electron chi connectivity index (χ3n) is 2.82. The Bertz CT molecular complexity index is 591. The minimum atomic E-state index is -0.850. The maximum atomic E-state index is 8.70. The predicted molar refractivity (Wildman–Crippen MR) is 72.1 cm³/mol. The fourth-order valence-electron chi connectivity index (χ4n) is 1.70. The van der Waals surface area contributed by atoms with Crippen molar-refractivity contribution in [2.75, 3.05) is 0 Å². The van der Waals surface area contributed by atoms with Crippen molar-refractivity contribution in [3.63, 3.8) is 0 Å². The van der Waals surface area contributed by atoms with E-state index in [1.807, 2.05) is 42.5 Å². The third kappa shape index (κ3) is 2.37. The number of ether oxygens (including phenoxy) is 1. The minimum Gasteiger partial charge on any atom is -0.480 e. The highest BCUT2D eigenvalue weighted by molar-refractivity contribution is 5.88. The van der Waals surface area contributed by atoms with Crippen molar-refractivity contribution in [2.45, 2.75) is 19.4 Å². The summed E-state index contributed by atoms with van der Waals surface area (Å²) in [7, 11) is 0. The number of benzene rings is 2. The van der Waals surface area contributed by atoms with Crippen LogP contribution in [-0.2, 0) is 0 Å². The van der Waals surface area contributed by atoms with E-state index in [2.05, 4.69) is 5.16 Å². The largest absolute Gasteiger partial charge is 0.480 e. The highest BCUT2D eigenvalue weighted by Crippen LogP contribution is 2.24. The van der Waals surface area contributed by atoms with Crippen molar-refractivity contribution in [1.82, 2.24) is 0 Å². The number of rotatable bonds is 3. The van der Waals surface area contributed by atoms with Gasteiger partial charge in [0.15, 0.2) is 11.4 Å². The SMILES string of the molecule is CC(C)(Oc1ccc2ccccc2c1)/C(N)=N/O. The topological polar surface area (TPSA) is 67.8 Å². The Morgan fingerprint density at radius 3 is 2.50 bits per heavy atom. The molecule has 0 spiro atoms. The lowest BCUT2D eigenvalue weighted by atomic mass is 10.1. The van der Waals surface area contributed by atoms with Crippen molar-refractivity contribution in [1.29, 1.82) is 0 Å². The van der Waals surface area contributed by atoms with Gasteiger partial charge in [-0.05, 0) is 36.8 Å². The summed E-state index contributed by atoms with van der Waals surface area (Å²) in [6.45, 7) is 3.49. The number of amidine groups is 1. The maximum Gasteiger partial charge on any atom is 0.182 e. The van der Waals surface area contributed by atoms with Crippen LogP contribution in [0.3, 0.4) is 0 Å². The molecular weight excluding hydrogens is 228 g/mol. The van der Waals surface area contributed by atoms with Gasteiger partial charge in [-0.25, -0.2) is 0 Å². The molecule has 4 heteroatoms. The van der Waals surface area contributed by atoms with Gasteiger partial charge in [0.05, 0.1) is 0 Å². The molecule has 0 bridgehead atoms. The second-order valence-corrected chi connectivity index (χ2v) is 4.61. The highest BCUT2D eigenvalue weighted by Gasteiger charge is 2.25. The molecule has 0 aliphatic heterocycles. The summed E-state index contributed by atoms with van der Waals surface area (Å²) >= 11 is 0. The van der Waals surface area contributed by atoms with Crippen LogP contribution in [0, 0.1) is 0 Å². The third-order valence-corrected chi connectivity index (χ3v) is 2.82. The molecule has 0 heterocycles. The van der Waals surface area contributed by atoms with Crippen molar-refractivity contribution in [3.05, 3.63) is 42.5 Å². The molecule has 2 aromatic carbocycles. The first-order chi connectivity index (χ1) is 8.53.